The number of anilines is 2. The molecule has 0 radical (unpaired) electrons. The van der Waals surface area contributed by atoms with Gasteiger partial charge in [-0.15, -0.1) is 0 Å². The number of guanidine groups is 1. The number of ether oxygens (including phenoxy) is 1. The minimum Gasteiger partial charge on any atom is -0.496 e. The predicted octanol–water partition coefficient (Wildman–Crippen LogP) is 3.31. The van der Waals surface area contributed by atoms with E-state index in [2.05, 4.69) is 15.6 Å². The van der Waals surface area contributed by atoms with E-state index in [0.29, 0.717) is 23.4 Å². The van der Waals surface area contributed by atoms with E-state index in [1.807, 2.05) is 55.5 Å². The van der Waals surface area contributed by atoms with Gasteiger partial charge in [0.25, 0.3) is 5.56 Å². The molecule has 0 amide bonds. The standard InChI is InChI=1S/C21H21N5O2/c1-13-8-10-15(11-9-13)23-20-24-19(16-6-4-5-7-17(16)28-3)26-18(27)12-14(2)22-21(26)25-20/h4-12,19H,1-3H3,(H2,22,23,24,25)/t19-/m0/s1. The monoisotopic (exact) mass is 375 g/mol. The Kier molecular flexibility index (Phi) is 4.57. The number of fused-ring (bicyclic) bond motifs is 1. The van der Waals surface area contributed by atoms with Gasteiger partial charge in [-0.05, 0) is 32.0 Å². The second-order valence-corrected chi connectivity index (χ2v) is 6.64. The Morgan fingerprint density at radius 1 is 1.11 bits per heavy atom. The van der Waals surface area contributed by atoms with Crippen molar-refractivity contribution in [2.75, 3.05) is 17.7 Å². The Hall–Kier alpha value is -3.61. The van der Waals surface area contributed by atoms with Gasteiger partial charge in [-0.25, -0.2) is 9.98 Å². The third-order valence-corrected chi connectivity index (χ3v) is 4.54. The van der Waals surface area contributed by atoms with Crippen LogP contribution < -0.4 is 20.9 Å². The maximum atomic E-state index is 12.7. The first kappa shape index (κ1) is 17.8. The van der Waals surface area contributed by atoms with Crippen LogP contribution in [0.15, 0.2) is 64.4 Å². The second-order valence-electron chi connectivity index (χ2n) is 6.64. The fraction of sp³-hybridized carbons (Fsp3) is 0.190. The molecule has 2 N–H and O–H groups in total. The van der Waals surface area contributed by atoms with Crippen molar-refractivity contribution in [1.82, 2.24) is 9.55 Å². The molecule has 2 heterocycles. The number of aliphatic imine (C=N–C) groups is 1. The highest BCUT2D eigenvalue weighted by atomic mass is 16.5. The van der Waals surface area contributed by atoms with Crippen molar-refractivity contribution in [3.63, 3.8) is 0 Å². The molecule has 7 nitrogen and oxygen atoms in total. The Morgan fingerprint density at radius 3 is 2.61 bits per heavy atom. The number of rotatable bonds is 3. The molecule has 0 bridgehead atoms. The summed E-state index contributed by atoms with van der Waals surface area (Å²) < 4.78 is 7.03. The van der Waals surface area contributed by atoms with Crippen LogP contribution in [0.1, 0.15) is 23.0 Å². The fourth-order valence-electron chi connectivity index (χ4n) is 3.17. The molecule has 0 aliphatic carbocycles. The smallest absolute Gasteiger partial charge is 0.257 e. The van der Waals surface area contributed by atoms with Crippen LogP contribution in [-0.2, 0) is 0 Å². The van der Waals surface area contributed by atoms with Crippen molar-refractivity contribution < 1.29 is 4.74 Å². The van der Waals surface area contributed by atoms with E-state index in [-0.39, 0.29) is 5.56 Å². The molecule has 1 atom stereocenters. The summed E-state index contributed by atoms with van der Waals surface area (Å²) in [6, 6.07) is 17.0. The van der Waals surface area contributed by atoms with E-state index in [0.717, 1.165) is 11.3 Å². The van der Waals surface area contributed by atoms with Crippen molar-refractivity contribution in [2.24, 2.45) is 4.99 Å². The van der Waals surface area contributed by atoms with Gasteiger partial charge in [-0.3, -0.25) is 14.7 Å². The summed E-state index contributed by atoms with van der Waals surface area (Å²) in [4.78, 5) is 22.0. The lowest BCUT2D eigenvalue weighted by Crippen LogP contribution is -2.37. The van der Waals surface area contributed by atoms with Gasteiger partial charge >= 0.3 is 0 Å². The maximum Gasteiger partial charge on any atom is 0.257 e. The van der Waals surface area contributed by atoms with E-state index in [1.54, 1.807) is 14.0 Å². The summed E-state index contributed by atoms with van der Waals surface area (Å²) in [5.41, 5.74) is 3.30. The summed E-state index contributed by atoms with van der Waals surface area (Å²) in [6.45, 7) is 3.83. The number of hydrogen-bond donors (Lipinski definition) is 2. The number of para-hydroxylation sites is 1. The van der Waals surface area contributed by atoms with Crippen LogP contribution >= 0.6 is 0 Å². The zero-order chi connectivity index (χ0) is 19.7. The SMILES string of the molecule is COc1ccccc1[C@H]1N=C(Nc2ccc(C)cc2)Nc2nc(C)cc(=O)n21. The fourth-order valence-corrected chi connectivity index (χ4v) is 3.17. The molecule has 0 saturated heterocycles. The molecule has 1 aliphatic rings. The molecule has 1 aliphatic heterocycles. The first-order valence-corrected chi connectivity index (χ1v) is 8.97. The molecule has 4 rings (SSSR count). The van der Waals surface area contributed by atoms with Crippen molar-refractivity contribution in [2.45, 2.75) is 20.0 Å². The first-order valence-electron chi connectivity index (χ1n) is 8.97. The lowest BCUT2D eigenvalue weighted by Gasteiger charge is -2.27. The molecule has 0 unspecified atom stereocenters. The van der Waals surface area contributed by atoms with Crippen LogP contribution in [0.5, 0.6) is 5.75 Å². The van der Waals surface area contributed by atoms with Gasteiger partial charge in [0.2, 0.25) is 11.9 Å². The summed E-state index contributed by atoms with van der Waals surface area (Å²) in [6.07, 6.45) is -0.596. The van der Waals surface area contributed by atoms with Crippen molar-refractivity contribution >= 4 is 17.6 Å². The van der Waals surface area contributed by atoms with E-state index in [9.17, 15) is 4.79 Å². The number of hydrogen-bond acceptors (Lipinski definition) is 6. The number of methoxy groups -OCH3 is 1. The molecule has 0 saturated carbocycles. The van der Waals surface area contributed by atoms with E-state index >= 15 is 0 Å². The van der Waals surface area contributed by atoms with Crippen LogP contribution in [0.4, 0.5) is 11.6 Å². The summed E-state index contributed by atoms with van der Waals surface area (Å²) in [5, 5.41) is 6.40. The lowest BCUT2D eigenvalue weighted by atomic mass is 10.1. The van der Waals surface area contributed by atoms with Gasteiger partial charge in [-0.1, -0.05) is 35.9 Å². The minimum atomic E-state index is -0.596. The zero-order valence-electron chi connectivity index (χ0n) is 15.9. The molecule has 28 heavy (non-hydrogen) atoms. The van der Waals surface area contributed by atoms with Crippen LogP contribution in [0, 0.1) is 13.8 Å². The van der Waals surface area contributed by atoms with Gasteiger partial charge in [-0.2, -0.15) is 0 Å². The summed E-state index contributed by atoms with van der Waals surface area (Å²) >= 11 is 0. The minimum absolute atomic E-state index is 0.177. The number of aryl methyl sites for hydroxylation is 2. The predicted molar refractivity (Wildman–Crippen MR) is 110 cm³/mol. The summed E-state index contributed by atoms with van der Waals surface area (Å²) in [7, 11) is 1.60. The van der Waals surface area contributed by atoms with Crippen LogP contribution in [0.3, 0.4) is 0 Å². The van der Waals surface area contributed by atoms with E-state index < -0.39 is 6.17 Å². The largest absolute Gasteiger partial charge is 0.496 e. The molecule has 2 aromatic carbocycles. The average molecular weight is 375 g/mol. The maximum absolute atomic E-state index is 12.7. The van der Waals surface area contributed by atoms with Gasteiger partial charge in [0.15, 0.2) is 6.17 Å². The Labute approximate surface area is 162 Å². The van der Waals surface area contributed by atoms with E-state index in [4.69, 9.17) is 9.73 Å². The molecule has 142 valence electrons. The third-order valence-electron chi connectivity index (χ3n) is 4.54. The lowest BCUT2D eigenvalue weighted by molar-refractivity contribution is 0.401. The Balaban J connectivity index is 1.82. The highest BCUT2D eigenvalue weighted by molar-refractivity contribution is 6.03. The van der Waals surface area contributed by atoms with Gasteiger partial charge < -0.3 is 10.1 Å². The van der Waals surface area contributed by atoms with Gasteiger partial charge in [0.05, 0.1) is 7.11 Å². The molecule has 3 aromatic rings. The van der Waals surface area contributed by atoms with Crippen molar-refractivity contribution in [3.8, 4) is 5.75 Å². The first-order chi connectivity index (χ1) is 13.5. The summed E-state index contributed by atoms with van der Waals surface area (Å²) in [5.74, 6) is 1.61. The van der Waals surface area contributed by atoms with Crippen LogP contribution in [-0.4, -0.2) is 22.6 Å². The number of nitrogens with one attached hydrogen (secondary N) is 2. The van der Waals surface area contributed by atoms with Crippen molar-refractivity contribution in [1.29, 1.82) is 0 Å². The van der Waals surface area contributed by atoms with Crippen LogP contribution in [0.2, 0.25) is 0 Å². The van der Waals surface area contributed by atoms with Gasteiger partial charge in [0.1, 0.15) is 5.75 Å². The highest BCUT2D eigenvalue weighted by Crippen LogP contribution is 2.31. The average Bonchev–Trinajstić information content (AvgIpc) is 2.68. The molecular formula is C21H21N5O2. The van der Waals surface area contributed by atoms with Crippen molar-refractivity contribution in [3.05, 3.63) is 81.8 Å². The second kappa shape index (κ2) is 7.19. The highest BCUT2D eigenvalue weighted by Gasteiger charge is 2.27. The molecular weight excluding hydrogens is 354 g/mol. The number of nitrogens with zero attached hydrogens (tertiary/aromatic N) is 3. The normalized spacial score (nSPS) is 15.2. The molecule has 7 heteroatoms. The topological polar surface area (TPSA) is 80.5 Å². The Morgan fingerprint density at radius 2 is 1.86 bits per heavy atom. The quantitative estimate of drug-likeness (QED) is 0.734. The number of benzene rings is 2. The number of aromatic nitrogens is 2. The van der Waals surface area contributed by atoms with E-state index in [1.165, 1.54) is 16.2 Å². The molecule has 1 aromatic heterocycles. The molecule has 0 fully saturated rings. The molecule has 0 spiro atoms. The Bertz CT molecular complexity index is 1100. The third kappa shape index (κ3) is 3.34. The zero-order valence-corrected chi connectivity index (χ0v) is 15.9. The van der Waals surface area contributed by atoms with Crippen LogP contribution in [0.25, 0.3) is 0 Å². The van der Waals surface area contributed by atoms with Gasteiger partial charge in [0, 0.05) is 23.0 Å².